The fourth-order valence-electron chi connectivity index (χ4n) is 3.26. The number of nitrogens with zero attached hydrogens (tertiary/aromatic N) is 2. The molecule has 1 aromatic heterocycles. The second kappa shape index (κ2) is 4.50. The number of ether oxygens (including phenoxy) is 1. The van der Waals surface area contributed by atoms with Crippen molar-refractivity contribution < 1.29 is 4.74 Å². The van der Waals surface area contributed by atoms with Crippen LogP contribution in [-0.4, -0.2) is 28.7 Å². The highest BCUT2D eigenvalue weighted by Gasteiger charge is 2.59. The molecule has 98 valence electrons. The highest BCUT2D eigenvalue weighted by atomic mass is 16.5. The van der Waals surface area contributed by atoms with Gasteiger partial charge in [0, 0.05) is 30.5 Å². The Morgan fingerprint density at radius 3 is 2.67 bits per heavy atom. The van der Waals surface area contributed by atoms with Crippen LogP contribution in [0.3, 0.4) is 0 Å². The van der Waals surface area contributed by atoms with E-state index < -0.39 is 0 Å². The van der Waals surface area contributed by atoms with Crippen LogP contribution in [0.4, 0.5) is 5.95 Å². The average Bonchev–Trinajstić information content (AvgIpc) is 2.28. The quantitative estimate of drug-likeness (QED) is 0.888. The molecular weight excluding hydrogens is 226 g/mol. The Hall–Kier alpha value is -1.16. The number of nitrogens with one attached hydrogen (secondary N) is 1. The number of aryl methyl sites for hydroxylation is 1. The molecule has 2 atom stereocenters. The van der Waals surface area contributed by atoms with Gasteiger partial charge in [0.2, 0.25) is 5.95 Å². The molecule has 0 aliphatic heterocycles. The van der Waals surface area contributed by atoms with Crippen molar-refractivity contribution in [2.45, 2.75) is 51.7 Å². The third-order valence-electron chi connectivity index (χ3n) is 4.52. The maximum absolute atomic E-state index is 5.84. The van der Waals surface area contributed by atoms with Crippen LogP contribution in [0.25, 0.3) is 0 Å². The monoisotopic (exact) mass is 247 g/mol. The van der Waals surface area contributed by atoms with Gasteiger partial charge in [-0.1, -0.05) is 6.42 Å². The highest BCUT2D eigenvalue weighted by molar-refractivity contribution is 5.31. The topological polar surface area (TPSA) is 47.0 Å². The van der Waals surface area contributed by atoms with E-state index >= 15 is 0 Å². The van der Waals surface area contributed by atoms with E-state index in [4.69, 9.17) is 4.74 Å². The van der Waals surface area contributed by atoms with Gasteiger partial charge in [-0.15, -0.1) is 0 Å². The van der Waals surface area contributed by atoms with Crippen molar-refractivity contribution in [2.75, 3.05) is 11.9 Å². The molecule has 4 nitrogen and oxygen atoms in total. The van der Waals surface area contributed by atoms with Crippen molar-refractivity contribution in [3.63, 3.8) is 0 Å². The van der Waals surface area contributed by atoms with Crippen LogP contribution in [0.5, 0.6) is 0 Å². The van der Waals surface area contributed by atoms with E-state index in [0.717, 1.165) is 24.5 Å². The molecule has 0 bridgehead atoms. The van der Waals surface area contributed by atoms with Crippen LogP contribution in [-0.2, 0) is 4.74 Å². The van der Waals surface area contributed by atoms with Gasteiger partial charge in [0.1, 0.15) is 0 Å². The second-order valence-electron chi connectivity index (χ2n) is 5.55. The van der Waals surface area contributed by atoms with Gasteiger partial charge in [0.05, 0.1) is 6.10 Å². The van der Waals surface area contributed by atoms with Gasteiger partial charge in [0.25, 0.3) is 0 Å². The number of anilines is 1. The molecule has 2 aliphatic rings. The van der Waals surface area contributed by atoms with Gasteiger partial charge in [0.15, 0.2) is 0 Å². The molecule has 0 saturated heterocycles. The minimum Gasteiger partial charge on any atom is -0.378 e. The lowest BCUT2D eigenvalue weighted by Crippen LogP contribution is -2.64. The van der Waals surface area contributed by atoms with Gasteiger partial charge in [-0.25, -0.2) is 9.97 Å². The first kappa shape index (κ1) is 11.9. The van der Waals surface area contributed by atoms with Gasteiger partial charge in [-0.05, 0) is 38.7 Å². The van der Waals surface area contributed by atoms with Crippen molar-refractivity contribution in [1.82, 2.24) is 9.97 Å². The number of hydrogen-bond donors (Lipinski definition) is 1. The van der Waals surface area contributed by atoms with Crippen LogP contribution in [0.2, 0.25) is 0 Å². The lowest BCUT2D eigenvalue weighted by atomic mass is 9.51. The Labute approximate surface area is 108 Å². The molecule has 2 saturated carbocycles. The molecule has 1 heterocycles. The first-order valence-electron chi connectivity index (χ1n) is 6.91. The van der Waals surface area contributed by atoms with Crippen LogP contribution in [0.15, 0.2) is 12.4 Å². The lowest BCUT2D eigenvalue weighted by molar-refractivity contribution is -0.157. The fourth-order valence-corrected chi connectivity index (χ4v) is 3.26. The fraction of sp³-hybridized carbons (Fsp3) is 0.714. The largest absolute Gasteiger partial charge is 0.378 e. The van der Waals surface area contributed by atoms with Crippen molar-refractivity contribution >= 4 is 5.95 Å². The zero-order valence-corrected chi connectivity index (χ0v) is 11.1. The Bertz CT molecular complexity index is 414. The smallest absolute Gasteiger partial charge is 0.222 e. The first-order valence-corrected chi connectivity index (χ1v) is 6.91. The van der Waals surface area contributed by atoms with E-state index in [-0.39, 0.29) is 0 Å². The third-order valence-corrected chi connectivity index (χ3v) is 4.52. The molecule has 18 heavy (non-hydrogen) atoms. The third kappa shape index (κ3) is 1.79. The number of aromatic nitrogens is 2. The minimum absolute atomic E-state index is 0.365. The zero-order chi connectivity index (χ0) is 12.6. The van der Waals surface area contributed by atoms with E-state index in [1.807, 2.05) is 19.3 Å². The number of rotatable bonds is 4. The molecule has 0 aromatic carbocycles. The van der Waals surface area contributed by atoms with Crippen molar-refractivity contribution in [3.05, 3.63) is 18.0 Å². The first-order chi connectivity index (χ1) is 8.74. The van der Waals surface area contributed by atoms with Crippen LogP contribution < -0.4 is 5.32 Å². The molecule has 0 radical (unpaired) electrons. The summed E-state index contributed by atoms with van der Waals surface area (Å²) in [7, 11) is 0. The van der Waals surface area contributed by atoms with Crippen molar-refractivity contribution in [1.29, 1.82) is 0 Å². The summed E-state index contributed by atoms with van der Waals surface area (Å²) in [5, 5.41) is 3.48. The summed E-state index contributed by atoms with van der Waals surface area (Å²) in [5.41, 5.74) is 1.46. The summed E-state index contributed by atoms with van der Waals surface area (Å²) in [6.45, 7) is 4.90. The summed E-state index contributed by atoms with van der Waals surface area (Å²) in [6, 6.07) is 0.491. The molecule has 0 amide bonds. The lowest BCUT2D eigenvalue weighted by Gasteiger charge is -2.61. The Morgan fingerprint density at radius 2 is 2.11 bits per heavy atom. The standard InChI is InChI=1S/C14H21N3O/c1-3-18-12-7-11(14(12)5-4-6-14)17-13-15-8-10(2)9-16-13/h8-9,11-12H,3-7H2,1-2H3,(H,15,16,17). The molecule has 2 unspecified atom stereocenters. The van der Waals surface area contributed by atoms with Crippen LogP contribution in [0.1, 0.15) is 38.2 Å². The molecule has 4 heteroatoms. The van der Waals surface area contributed by atoms with E-state index in [1.165, 1.54) is 19.3 Å². The summed E-state index contributed by atoms with van der Waals surface area (Å²) >= 11 is 0. The second-order valence-corrected chi connectivity index (χ2v) is 5.55. The summed E-state index contributed by atoms with van der Waals surface area (Å²) in [5.74, 6) is 0.756. The van der Waals surface area contributed by atoms with E-state index in [9.17, 15) is 0 Å². The Kier molecular flexibility index (Phi) is 2.98. The van der Waals surface area contributed by atoms with Crippen LogP contribution >= 0.6 is 0 Å². The minimum atomic E-state index is 0.365. The van der Waals surface area contributed by atoms with Gasteiger partial charge < -0.3 is 10.1 Å². The molecule has 1 aromatic rings. The molecule has 2 fully saturated rings. The Morgan fingerprint density at radius 1 is 1.39 bits per heavy atom. The predicted molar refractivity (Wildman–Crippen MR) is 70.5 cm³/mol. The summed E-state index contributed by atoms with van der Waals surface area (Å²) in [4.78, 5) is 8.66. The molecule has 1 N–H and O–H groups in total. The van der Waals surface area contributed by atoms with E-state index in [0.29, 0.717) is 17.6 Å². The molecule has 2 aliphatic carbocycles. The van der Waals surface area contributed by atoms with Crippen LogP contribution in [0, 0.1) is 12.3 Å². The predicted octanol–water partition coefficient (Wildman–Crippen LogP) is 2.54. The normalized spacial score (nSPS) is 28.6. The van der Waals surface area contributed by atoms with Gasteiger partial charge in [-0.2, -0.15) is 0 Å². The molecular formula is C14H21N3O. The summed E-state index contributed by atoms with van der Waals surface area (Å²) < 4.78 is 5.84. The zero-order valence-electron chi connectivity index (χ0n) is 11.1. The number of hydrogen-bond acceptors (Lipinski definition) is 4. The highest BCUT2D eigenvalue weighted by Crippen LogP contribution is 2.57. The molecule has 1 spiro atoms. The maximum atomic E-state index is 5.84. The average molecular weight is 247 g/mol. The molecule has 3 rings (SSSR count). The summed E-state index contributed by atoms with van der Waals surface area (Å²) in [6.07, 6.45) is 9.15. The van der Waals surface area contributed by atoms with Crippen molar-refractivity contribution in [3.8, 4) is 0 Å². The van der Waals surface area contributed by atoms with Gasteiger partial charge in [-0.3, -0.25) is 0 Å². The van der Waals surface area contributed by atoms with Gasteiger partial charge >= 0.3 is 0 Å². The van der Waals surface area contributed by atoms with E-state index in [1.54, 1.807) is 0 Å². The van der Waals surface area contributed by atoms with Crippen molar-refractivity contribution in [2.24, 2.45) is 5.41 Å². The SMILES string of the molecule is CCOC1CC(Nc2ncc(C)cn2)C12CCC2. The maximum Gasteiger partial charge on any atom is 0.222 e. The van der Waals surface area contributed by atoms with E-state index in [2.05, 4.69) is 22.2 Å². The Balaban J connectivity index is 1.66.